The van der Waals surface area contributed by atoms with Crippen molar-refractivity contribution in [2.24, 2.45) is 0 Å². The number of anilines is 2. The van der Waals surface area contributed by atoms with Gasteiger partial charge in [-0.05, 0) is 35.7 Å². The van der Waals surface area contributed by atoms with Gasteiger partial charge in [-0.2, -0.15) is 18.4 Å². The third-order valence-electron chi connectivity index (χ3n) is 4.16. The maximum atomic E-state index is 13.2. The molecule has 0 aliphatic heterocycles. The minimum absolute atomic E-state index is 0.00967. The fraction of sp³-hybridized carbons (Fsp3) is 0.0476. The molecule has 2 aromatic carbocycles. The van der Waals surface area contributed by atoms with E-state index in [0.29, 0.717) is 5.69 Å². The van der Waals surface area contributed by atoms with Gasteiger partial charge in [0.25, 0.3) is 0 Å². The van der Waals surface area contributed by atoms with Crippen LogP contribution in [0.2, 0.25) is 0 Å². The van der Waals surface area contributed by atoms with Crippen molar-refractivity contribution in [2.75, 3.05) is 5.32 Å². The smallest absolute Gasteiger partial charge is 0.419 e. The third kappa shape index (κ3) is 3.99. The number of hydrogen-bond donors (Lipinski definition) is 2. The van der Waals surface area contributed by atoms with Crippen molar-refractivity contribution in [3.8, 4) is 17.6 Å². The van der Waals surface area contributed by atoms with E-state index in [1.807, 2.05) is 36.5 Å². The zero-order chi connectivity index (χ0) is 20.4. The summed E-state index contributed by atoms with van der Waals surface area (Å²) < 4.78 is 45.1. The normalized spacial score (nSPS) is 11.2. The number of fused-ring (bicyclic) bond motifs is 1. The van der Waals surface area contributed by atoms with Crippen LogP contribution in [0.4, 0.5) is 24.7 Å². The summed E-state index contributed by atoms with van der Waals surface area (Å²) in [7, 11) is 0. The van der Waals surface area contributed by atoms with E-state index in [4.69, 9.17) is 4.74 Å². The summed E-state index contributed by atoms with van der Waals surface area (Å²) in [4.78, 5) is 7.23. The number of nitrogens with one attached hydrogen (secondary N) is 2. The molecular formula is C21H13F3N4O. The summed E-state index contributed by atoms with van der Waals surface area (Å²) in [5, 5.41) is 13.3. The average Bonchev–Trinajstić information content (AvgIpc) is 3.15. The van der Waals surface area contributed by atoms with E-state index in [2.05, 4.69) is 15.3 Å². The average molecular weight is 394 g/mol. The zero-order valence-corrected chi connectivity index (χ0v) is 14.8. The van der Waals surface area contributed by atoms with Crippen molar-refractivity contribution < 1.29 is 17.9 Å². The Labute approximate surface area is 163 Å². The standard InChI is InChI=1S/C21H13F3N4O/c22-21(23,24)17-3-1-2-4-19(17)29-16-9-15(12-25)28-20(11-16)27-14-6-5-13-7-8-26-18(13)10-14/h1-11,26H,(H,27,28). The van der Waals surface area contributed by atoms with Gasteiger partial charge in [-0.25, -0.2) is 4.98 Å². The SMILES string of the molecule is N#Cc1cc(Oc2ccccc2C(F)(F)F)cc(Nc2ccc3cc[nH]c3c2)n1. The van der Waals surface area contributed by atoms with Crippen LogP contribution in [0.1, 0.15) is 11.3 Å². The lowest BCUT2D eigenvalue weighted by Crippen LogP contribution is -2.07. The van der Waals surface area contributed by atoms with E-state index in [-0.39, 0.29) is 23.0 Å². The Kier molecular flexibility index (Phi) is 4.56. The number of hydrogen-bond acceptors (Lipinski definition) is 4. The molecule has 0 fully saturated rings. The van der Waals surface area contributed by atoms with Crippen LogP contribution in [0.5, 0.6) is 11.5 Å². The van der Waals surface area contributed by atoms with Crippen LogP contribution in [-0.4, -0.2) is 9.97 Å². The Morgan fingerprint density at radius 2 is 1.86 bits per heavy atom. The highest BCUT2D eigenvalue weighted by Crippen LogP contribution is 2.38. The van der Waals surface area contributed by atoms with E-state index in [1.165, 1.54) is 30.3 Å². The molecular weight excluding hydrogens is 381 g/mol. The number of H-pyrrole nitrogens is 1. The second kappa shape index (κ2) is 7.20. The second-order valence-electron chi connectivity index (χ2n) is 6.19. The van der Waals surface area contributed by atoms with Crippen LogP contribution in [0.25, 0.3) is 10.9 Å². The highest BCUT2D eigenvalue weighted by Gasteiger charge is 2.34. The fourth-order valence-electron chi connectivity index (χ4n) is 2.88. The van der Waals surface area contributed by atoms with Crippen LogP contribution in [0.3, 0.4) is 0 Å². The van der Waals surface area contributed by atoms with Gasteiger partial charge in [-0.3, -0.25) is 0 Å². The molecule has 2 aromatic heterocycles. The summed E-state index contributed by atoms with van der Waals surface area (Å²) in [5.41, 5.74) is 0.712. The molecule has 0 radical (unpaired) electrons. The van der Waals surface area contributed by atoms with Crippen LogP contribution in [0, 0.1) is 11.3 Å². The van der Waals surface area contributed by atoms with E-state index < -0.39 is 11.7 Å². The molecule has 0 spiro atoms. The van der Waals surface area contributed by atoms with Crippen LogP contribution >= 0.6 is 0 Å². The molecule has 0 amide bonds. The van der Waals surface area contributed by atoms with Gasteiger partial charge in [0.15, 0.2) is 0 Å². The van der Waals surface area contributed by atoms with Crippen LogP contribution in [0.15, 0.2) is 66.9 Å². The molecule has 0 atom stereocenters. The van der Waals surface area contributed by atoms with E-state index in [1.54, 1.807) is 0 Å². The maximum Gasteiger partial charge on any atom is 0.419 e. The number of halogens is 3. The number of benzene rings is 2. The summed E-state index contributed by atoms with van der Waals surface area (Å²) in [6.45, 7) is 0. The Morgan fingerprint density at radius 3 is 2.66 bits per heavy atom. The molecule has 0 unspecified atom stereocenters. The maximum absolute atomic E-state index is 13.2. The molecule has 0 saturated carbocycles. The monoisotopic (exact) mass is 394 g/mol. The largest absolute Gasteiger partial charge is 0.456 e. The molecule has 0 aliphatic rings. The Hall–Kier alpha value is -3.99. The zero-order valence-electron chi connectivity index (χ0n) is 14.8. The van der Waals surface area contributed by atoms with Crippen molar-refractivity contribution in [3.05, 3.63) is 78.1 Å². The van der Waals surface area contributed by atoms with Gasteiger partial charge in [0.05, 0.1) is 5.56 Å². The molecule has 144 valence electrons. The highest BCUT2D eigenvalue weighted by atomic mass is 19.4. The molecule has 4 aromatic rings. The minimum atomic E-state index is -4.56. The lowest BCUT2D eigenvalue weighted by molar-refractivity contribution is -0.138. The quantitative estimate of drug-likeness (QED) is 0.446. The first-order valence-electron chi connectivity index (χ1n) is 8.53. The van der Waals surface area contributed by atoms with E-state index >= 15 is 0 Å². The first kappa shape index (κ1) is 18.4. The van der Waals surface area contributed by atoms with Crippen molar-refractivity contribution in [2.45, 2.75) is 6.18 Å². The van der Waals surface area contributed by atoms with Crippen LogP contribution in [-0.2, 0) is 6.18 Å². The highest BCUT2D eigenvalue weighted by molar-refractivity contribution is 5.83. The van der Waals surface area contributed by atoms with Crippen molar-refractivity contribution in [3.63, 3.8) is 0 Å². The predicted molar refractivity (Wildman–Crippen MR) is 102 cm³/mol. The molecule has 2 N–H and O–H groups in total. The molecule has 8 heteroatoms. The number of nitriles is 1. The van der Waals surface area contributed by atoms with E-state index in [0.717, 1.165) is 17.0 Å². The number of aromatic nitrogens is 2. The molecule has 0 bridgehead atoms. The van der Waals surface area contributed by atoms with Gasteiger partial charge < -0.3 is 15.0 Å². The predicted octanol–water partition coefficient (Wildman–Crippen LogP) is 5.99. The van der Waals surface area contributed by atoms with Gasteiger partial charge >= 0.3 is 6.18 Å². The second-order valence-corrected chi connectivity index (χ2v) is 6.19. The van der Waals surface area contributed by atoms with E-state index in [9.17, 15) is 18.4 Å². The Morgan fingerprint density at radius 1 is 1.03 bits per heavy atom. The molecule has 0 aliphatic carbocycles. The molecule has 4 rings (SSSR count). The first-order chi connectivity index (χ1) is 13.9. The number of aromatic amines is 1. The van der Waals surface area contributed by atoms with Crippen LogP contribution < -0.4 is 10.1 Å². The third-order valence-corrected chi connectivity index (χ3v) is 4.16. The number of nitrogens with zero attached hydrogens (tertiary/aromatic N) is 2. The number of pyridine rings is 1. The summed E-state index contributed by atoms with van der Waals surface area (Å²) in [5.74, 6) is -0.0139. The number of rotatable bonds is 4. The van der Waals surface area contributed by atoms with Gasteiger partial charge in [-0.1, -0.05) is 18.2 Å². The first-order valence-corrected chi connectivity index (χ1v) is 8.53. The summed E-state index contributed by atoms with van der Waals surface area (Å²) >= 11 is 0. The van der Waals surface area contributed by atoms with Crippen molar-refractivity contribution in [1.82, 2.24) is 9.97 Å². The molecule has 29 heavy (non-hydrogen) atoms. The molecule has 0 saturated heterocycles. The molecule has 2 heterocycles. The number of alkyl halides is 3. The lowest BCUT2D eigenvalue weighted by atomic mass is 10.2. The van der Waals surface area contributed by atoms with Gasteiger partial charge in [-0.15, -0.1) is 0 Å². The Bertz CT molecular complexity index is 1220. The van der Waals surface area contributed by atoms with Crippen molar-refractivity contribution >= 4 is 22.4 Å². The Balaban J connectivity index is 1.66. The number of ether oxygens (including phenoxy) is 1. The van der Waals surface area contributed by atoms with Gasteiger partial charge in [0, 0.05) is 29.5 Å². The topological polar surface area (TPSA) is 73.7 Å². The van der Waals surface area contributed by atoms with Gasteiger partial charge in [0.1, 0.15) is 29.1 Å². The van der Waals surface area contributed by atoms with Gasteiger partial charge in [0.2, 0.25) is 0 Å². The summed E-state index contributed by atoms with van der Waals surface area (Å²) in [6.07, 6.45) is -2.75. The summed E-state index contributed by atoms with van der Waals surface area (Å²) in [6, 6.07) is 17.0. The fourth-order valence-corrected chi connectivity index (χ4v) is 2.88. The molecule has 5 nitrogen and oxygen atoms in total. The lowest BCUT2D eigenvalue weighted by Gasteiger charge is -2.14. The minimum Gasteiger partial charge on any atom is -0.456 e. The van der Waals surface area contributed by atoms with Crippen molar-refractivity contribution in [1.29, 1.82) is 5.26 Å². The number of para-hydroxylation sites is 1.